The molecule has 104 valence electrons. The van der Waals surface area contributed by atoms with Gasteiger partial charge in [0.1, 0.15) is 0 Å². The Morgan fingerprint density at radius 1 is 1.25 bits per heavy atom. The van der Waals surface area contributed by atoms with Crippen molar-refractivity contribution in [1.82, 2.24) is 14.9 Å². The Morgan fingerprint density at radius 3 is 2.80 bits per heavy atom. The first kappa shape index (κ1) is 13.3. The minimum Gasteiger partial charge on any atom is -0.481 e. The quantitative estimate of drug-likeness (QED) is 0.815. The van der Waals surface area contributed by atoms with Gasteiger partial charge in [0.2, 0.25) is 11.2 Å². The molecule has 2 heterocycles. The molecule has 0 N–H and O–H groups in total. The Balaban J connectivity index is 1.81. The number of halogens is 1. The fraction of sp³-hybridized carbons (Fsp3) is 0.333. The average Bonchev–Trinajstić information content (AvgIpc) is 2.48. The standard InChI is InChI=1S/C15H16ClN3O/c1-20-14-12-10-19(9-11-5-3-2-4-6-11)8-7-13(12)17-15(16)18-14/h2-6H,7-10H2,1H3. The lowest BCUT2D eigenvalue weighted by atomic mass is 10.1. The van der Waals surface area contributed by atoms with Crippen molar-refractivity contribution in [1.29, 1.82) is 0 Å². The van der Waals surface area contributed by atoms with Crippen LogP contribution in [-0.2, 0) is 19.5 Å². The van der Waals surface area contributed by atoms with Gasteiger partial charge in [-0.1, -0.05) is 30.3 Å². The molecule has 4 nitrogen and oxygen atoms in total. The highest BCUT2D eigenvalue weighted by molar-refractivity contribution is 6.28. The van der Waals surface area contributed by atoms with Crippen LogP contribution in [0.4, 0.5) is 0 Å². The lowest BCUT2D eigenvalue weighted by Gasteiger charge is -2.28. The Labute approximate surface area is 123 Å². The zero-order valence-corrected chi connectivity index (χ0v) is 12.1. The summed E-state index contributed by atoms with van der Waals surface area (Å²) >= 11 is 5.91. The van der Waals surface area contributed by atoms with E-state index in [0.29, 0.717) is 5.88 Å². The van der Waals surface area contributed by atoms with Crippen LogP contribution >= 0.6 is 11.6 Å². The molecule has 0 bridgehead atoms. The number of hydrogen-bond donors (Lipinski definition) is 0. The van der Waals surface area contributed by atoms with Crippen molar-refractivity contribution in [2.45, 2.75) is 19.5 Å². The minimum absolute atomic E-state index is 0.261. The van der Waals surface area contributed by atoms with Crippen molar-refractivity contribution in [3.8, 4) is 5.88 Å². The van der Waals surface area contributed by atoms with E-state index < -0.39 is 0 Å². The monoisotopic (exact) mass is 289 g/mol. The molecular formula is C15H16ClN3O. The Morgan fingerprint density at radius 2 is 2.05 bits per heavy atom. The van der Waals surface area contributed by atoms with Gasteiger partial charge in [-0.2, -0.15) is 4.98 Å². The number of aromatic nitrogens is 2. The molecule has 1 aromatic heterocycles. The number of benzene rings is 1. The van der Waals surface area contributed by atoms with E-state index in [1.807, 2.05) is 6.07 Å². The zero-order valence-electron chi connectivity index (χ0n) is 11.3. The van der Waals surface area contributed by atoms with Crippen LogP contribution in [0.2, 0.25) is 5.28 Å². The van der Waals surface area contributed by atoms with Gasteiger partial charge in [0.15, 0.2) is 0 Å². The SMILES string of the molecule is COc1nc(Cl)nc2c1CN(Cc1ccccc1)CC2. The van der Waals surface area contributed by atoms with E-state index in [1.54, 1.807) is 7.11 Å². The highest BCUT2D eigenvalue weighted by atomic mass is 35.5. The van der Waals surface area contributed by atoms with Crippen molar-refractivity contribution >= 4 is 11.6 Å². The molecule has 20 heavy (non-hydrogen) atoms. The number of hydrogen-bond acceptors (Lipinski definition) is 4. The Hall–Kier alpha value is -1.65. The fourth-order valence-corrected chi connectivity index (χ4v) is 2.74. The Bertz CT molecular complexity index is 586. The minimum atomic E-state index is 0.261. The van der Waals surface area contributed by atoms with Gasteiger partial charge in [-0.15, -0.1) is 0 Å². The molecule has 1 aromatic carbocycles. The molecule has 0 saturated carbocycles. The van der Waals surface area contributed by atoms with Gasteiger partial charge < -0.3 is 4.74 Å². The maximum absolute atomic E-state index is 5.91. The molecule has 0 radical (unpaired) electrons. The van der Waals surface area contributed by atoms with Gasteiger partial charge in [0, 0.05) is 31.6 Å². The van der Waals surface area contributed by atoms with Gasteiger partial charge >= 0.3 is 0 Å². The predicted molar refractivity (Wildman–Crippen MR) is 77.9 cm³/mol. The van der Waals surface area contributed by atoms with E-state index in [4.69, 9.17) is 16.3 Å². The molecule has 0 saturated heterocycles. The molecular weight excluding hydrogens is 274 g/mol. The predicted octanol–water partition coefficient (Wildman–Crippen LogP) is 2.70. The second-order valence-corrected chi connectivity index (χ2v) is 5.21. The van der Waals surface area contributed by atoms with Crippen LogP contribution in [0.15, 0.2) is 30.3 Å². The van der Waals surface area contributed by atoms with Crippen LogP contribution < -0.4 is 4.74 Å². The van der Waals surface area contributed by atoms with E-state index in [2.05, 4.69) is 39.1 Å². The zero-order chi connectivity index (χ0) is 13.9. The van der Waals surface area contributed by atoms with Gasteiger partial charge in [0.25, 0.3) is 0 Å². The number of fused-ring (bicyclic) bond motifs is 1. The highest BCUT2D eigenvalue weighted by Crippen LogP contribution is 2.27. The van der Waals surface area contributed by atoms with Crippen molar-refractivity contribution in [2.75, 3.05) is 13.7 Å². The lowest BCUT2D eigenvalue weighted by molar-refractivity contribution is 0.236. The molecule has 1 aliphatic heterocycles. The molecule has 2 aromatic rings. The third-order valence-electron chi connectivity index (χ3n) is 3.52. The van der Waals surface area contributed by atoms with Crippen molar-refractivity contribution in [3.05, 3.63) is 52.4 Å². The first-order chi connectivity index (χ1) is 9.76. The van der Waals surface area contributed by atoms with Gasteiger partial charge in [0.05, 0.1) is 12.8 Å². The topological polar surface area (TPSA) is 38.3 Å². The molecule has 0 spiro atoms. The first-order valence-electron chi connectivity index (χ1n) is 6.62. The molecule has 0 amide bonds. The maximum Gasteiger partial charge on any atom is 0.225 e. The van der Waals surface area contributed by atoms with E-state index in [-0.39, 0.29) is 5.28 Å². The van der Waals surface area contributed by atoms with E-state index in [1.165, 1.54) is 5.56 Å². The summed E-state index contributed by atoms with van der Waals surface area (Å²) in [5.41, 5.74) is 3.37. The summed E-state index contributed by atoms with van der Waals surface area (Å²) in [6.45, 7) is 2.69. The largest absolute Gasteiger partial charge is 0.481 e. The van der Waals surface area contributed by atoms with E-state index in [9.17, 15) is 0 Å². The average molecular weight is 290 g/mol. The van der Waals surface area contributed by atoms with Crippen LogP contribution in [0, 0.1) is 0 Å². The van der Waals surface area contributed by atoms with Crippen LogP contribution in [0.3, 0.4) is 0 Å². The molecule has 0 unspecified atom stereocenters. The second-order valence-electron chi connectivity index (χ2n) is 4.87. The molecule has 1 aliphatic rings. The first-order valence-corrected chi connectivity index (χ1v) is 6.99. The van der Waals surface area contributed by atoms with Crippen molar-refractivity contribution in [2.24, 2.45) is 0 Å². The normalized spacial score (nSPS) is 14.9. The summed E-state index contributed by atoms with van der Waals surface area (Å²) in [5, 5.41) is 0.261. The van der Waals surface area contributed by atoms with Crippen LogP contribution in [0.1, 0.15) is 16.8 Å². The van der Waals surface area contributed by atoms with E-state index >= 15 is 0 Å². The van der Waals surface area contributed by atoms with Gasteiger partial charge in [-0.05, 0) is 17.2 Å². The second kappa shape index (κ2) is 5.77. The lowest BCUT2D eigenvalue weighted by Crippen LogP contribution is -2.31. The summed E-state index contributed by atoms with van der Waals surface area (Å²) in [6.07, 6.45) is 0.876. The number of ether oxygens (including phenoxy) is 1. The summed E-state index contributed by atoms with van der Waals surface area (Å²) in [6, 6.07) is 10.5. The number of methoxy groups -OCH3 is 1. The van der Waals surface area contributed by atoms with E-state index in [0.717, 1.165) is 37.3 Å². The third-order valence-corrected chi connectivity index (χ3v) is 3.69. The Kier molecular flexibility index (Phi) is 3.85. The molecule has 3 rings (SSSR count). The maximum atomic E-state index is 5.91. The van der Waals surface area contributed by atoms with Crippen LogP contribution in [0.5, 0.6) is 5.88 Å². The number of rotatable bonds is 3. The fourth-order valence-electron chi connectivity index (χ4n) is 2.56. The van der Waals surface area contributed by atoms with Gasteiger partial charge in [-0.3, -0.25) is 4.90 Å². The molecule has 0 fully saturated rings. The van der Waals surface area contributed by atoms with Crippen LogP contribution in [-0.4, -0.2) is 28.5 Å². The number of nitrogens with zero attached hydrogens (tertiary/aromatic N) is 3. The smallest absolute Gasteiger partial charge is 0.225 e. The summed E-state index contributed by atoms with van der Waals surface area (Å²) < 4.78 is 5.33. The molecule has 5 heteroatoms. The molecule has 0 aliphatic carbocycles. The highest BCUT2D eigenvalue weighted by Gasteiger charge is 2.22. The van der Waals surface area contributed by atoms with Crippen molar-refractivity contribution < 1.29 is 4.74 Å². The molecule has 0 atom stereocenters. The van der Waals surface area contributed by atoms with Crippen LogP contribution in [0.25, 0.3) is 0 Å². The third kappa shape index (κ3) is 2.76. The summed E-state index contributed by atoms with van der Waals surface area (Å²) in [7, 11) is 1.62. The summed E-state index contributed by atoms with van der Waals surface area (Å²) in [4.78, 5) is 10.8. The summed E-state index contributed by atoms with van der Waals surface area (Å²) in [5.74, 6) is 0.595. The van der Waals surface area contributed by atoms with Gasteiger partial charge in [-0.25, -0.2) is 4.98 Å². The van der Waals surface area contributed by atoms with Crippen molar-refractivity contribution in [3.63, 3.8) is 0 Å².